The van der Waals surface area contributed by atoms with Crippen molar-refractivity contribution in [2.24, 2.45) is 0 Å². The molecule has 1 heterocycles. The van der Waals surface area contributed by atoms with Gasteiger partial charge in [0.2, 0.25) is 0 Å². The van der Waals surface area contributed by atoms with E-state index in [9.17, 15) is 0 Å². The second kappa shape index (κ2) is 5.00. The summed E-state index contributed by atoms with van der Waals surface area (Å²) in [6.07, 6.45) is 2.45. The zero-order valence-electron chi connectivity index (χ0n) is 11.8. The van der Waals surface area contributed by atoms with E-state index in [0.717, 1.165) is 28.8 Å². The number of nitrogens with zero attached hydrogens (tertiary/aromatic N) is 3. The van der Waals surface area contributed by atoms with Crippen molar-refractivity contribution in [1.29, 1.82) is 0 Å². The molecule has 104 valence electrons. The molecule has 3 rings (SSSR count). The van der Waals surface area contributed by atoms with Gasteiger partial charge in [-0.25, -0.2) is 9.97 Å². The summed E-state index contributed by atoms with van der Waals surface area (Å²) in [6, 6.07) is 10.3. The summed E-state index contributed by atoms with van der Waals surface area (Å²) < 4.78 is 0. The third kappa shape index (κ3) is 2.82. The van der Waals surface area contributed by atoms with E-state index < -0.39 is 0 Å². The Labute approximate surface area is 118 Å². The van der Waals surface area contributed by atoms with Gasteiger partial charge in [0.25, 0.3) is 0 Å². The van der Waals surface area contributed by atoms with Crippen LogP contribution in [0.3, 0.4) is 0 Å². The number of hydrogen-bond donors (Lipinski definition) is 2. The van der Waals surface area contributed by atoms with Gasteiger partial charge in [-0.2, -0.15) is 0 Å². The summed E-state index contributed by atoms with van der Waals surface area (Å²) in [5.74, 6) is 2.53. The summed E-state index contributed by atoms with van der Waals surface area (Å²) in [6.45, 7) is 1.91. The number of anilines is 4. The highest BCUT2D eigenvalue weighted by atomic mass is 15.2. The van der Waals surface area contributed by atoms with Crippen molar-refractivity contribution in [3.8, 4) is 0 Å². The van der Waals surface area contributed by atoms with Gasteiger partial charge < -0.3 is 16.0 Å². The molecular formula is C15H19N5. The third-order valence-corrected chi connectivity index (χ3v) is 3.35. The van der Waals surface area contributed by atoms with E-state index in [1.54, 1.807) is 0 Å². The highest BCUT2D eigenvalue weighted by molar-refractivity contribution is 5.65. The third-order valence-electron chi connectivity index (χ3n) is 3.35. The Morgan fingerprint density at radius 2 is 2.05 bits per heavy atom. The van der Waals surface area contributed by atoms with Crippen molar-refractivity contribution in [1.82, 2.24) is 9.97 Å². The monoisotopic (exact) mass is 269 g/mol. The molecule has 3 N–H and O–H groups in total. The van der Waals surface area contributed by atoms with E-state index >= 15 is 0 Å². The molecule has 1 aliphatic rings. The lowest BCUT2D eigenvalue weighted by Gasteiger charge is -2.20. The molecule has 0 atom stereocenters. The summed E-state index contributed by atoms with van der Waals surface area (Å²) in [5.41, 5.74) is 7.60. The summed E-state index contributed by atoms with van der Waals surface area (Å²) in [4.78, 5) is 11.0. The van der Waals surface area contributed by atoms with E-state index in [4.69, 9.17) is 5.73 Å². The minimum absolute atomic E-state index is 0.579. The Hall–Kier alpha value is -2.30. The largest absolute Gasteiger partial charge is 0.399 e. The van der Waals surface area contributed by atoms with Crippen molar-refractivity contribution in [3.63, 3.8) is 0 Å². The predicted molar refractivity (Wildman–Crippen MR) is 82.3 cm³/mol. The van der Waals surface area contributed by atoms with Gasteiger partial charge in [-0.05, 0) is 38.0 Å². The van der Waals surface area contributed by atoms with Crippen LogP contribution in [0.5, 0.6) is 0 Å². The topological polar surface area (TPSA) is 67.1 Å². The molecule has 1 saturated carbocycles. The summed E-state index contributed by atoms with van der Waals surface area (Å²) in [7, 11) is 1.98. The van der Waals surface area contributed by atoms with Crippen LogP contribution >= 0.6 is 0 Å². The van der Waals surface area contributed by atoms with Crippen LogP contribution < -0.4 is 16.0 Å². The zero-order valence-corrected chi connectivity index (χ0v) is 11.8. The average Bonchev–Trinajstić information content (AvgIpc) is 3.21. The molecule has 2 aromatic rings. The Kier molecular flexibility index (Phi) is 3.18. The first-order valence-electron chi connectivity index (χ1n) is 6.83. The summed E-state index contributed by atoms with van der Waals surface area (Å²) >= 11 is 0. The maximum Gasteiger partial charge on any atom is 0.138 e. The van der Waals surface area contributed by atoms with Crippen LogP contribution in [0.25, 0.3) is 0 Å². The van der Waals surface area contributed by atoms with Gasteiger partial charge in [0, 0.05) is 30.5 Å². The van der Waals surface area contributed by atoms with Crippen LogP contribution in [0.2, 0.25) is 0 Å². The standard InChI is InChI=1S/C15H19N5/c1-10-17-14(19-12-6-7-12)9-15(18-10)20(2)13-5-3-4-11(16)8-13/h3-5,8-9,12H,6-7,16H2,1-2H3,(H,17,18,19). The molecule has 0 saturated heterocycles. The molecular weight excluding hydrogens is 250 g/mol. The Balaban J connectivity index is 1.89. The molecule has 0 aliphatic heterocycles. The van der Waals surface area contributed by atoms with Crippen LogP contribution in [0.15, 0.2) is 30.3 Å². The number of benzene rings is 1. The summed E-state index contributed by atoms with van der Waals surface area (Å²) in [5, 5.41) is 3.41. The highest BCUT2D eigenvalue weighted by Gasteiger charge is 2.22. The van der Waals surface area contributed by atoms with Gasteiger partial charge in [-0.15, -0.1) is 0 Å². The van der Waals surface area contributed by atoms with Crippen molar-refractivity contribution >= 4 is 23.0 Å². The lowest BCUT2D eigenvalue weighted by atomic mass is 10.2. The minimum atomic E-state index is 0.579. The van der Waals surface area contributed by atoms with Crippen LogP contribution in [0.4, 0.5) is 23.0 Å². The molecule has 0 unspecified atom stereocenters. The highest BCUT2D eigenvalue weighted by Crippen LogP contribution is 2.28. The lowest BCUT2D eigenvalue weighted by molar-refractivity contribution is 0.995. The second-order valence-electron chi connectivity index (χ2n) is 5.23. The normalized spacial score (nSPS) is 14.1. The molecule has 1 aromatic heterocycles. The Bertz CT molecular complexity index is 621. The van der Waals surface area contributed by atoms with Crippen molar-refractivity contribution < 1.29 is 0 Å². The number of rotatable bonds is 4. The first-order chi connectivity index (χ1) is 9.61. The van der Waals surface area contributed by atoms with Gasteiger partial charge >= 0.3 is 0 Å². The van der Waals surface area contributed by atoms with Crippen LogP contribution in [-0.2, 0) is 0 Å². The van der Waals surface area contributed by atoms with E-state index in [0.29, 0.717) is 6.04 Å². The smallest absolute Gasteiger partial charge is 0.138 e. The maximum absolute atomic E-state index is 5.84. The van der Waals surface area contributed by atoms with Gasteiger partial charge in [0.1, 0.15) is 17.5 Å². The second-order valence-corrected chi connectivity index (χ2v) is 5.23. The number of nitrogens with two attached hydrogens (primary N) is 1. The number of aryl methyl sites for hydroxylation is 1. The Morgan fingerprint density at radius 1 is 1.25 bits per heavy atom. The minimum Gasteiger partial charge on any atom is -0.399 e. The molecule has 1 fully saturated rings. The molecule has 0 spiro atoms. The van der Waals surface area contributed by atoms with E-state index in [2.05, 4.69) is 15.3 Å². The lowest BCUT2D eigenvalue weighted by Crippen LogP contribution is -2.14. The first kappa shape index (κ1) is 12.7. The molecule has 1 aromatic carbocycles. The fourth-order valence-corrected chi connectivity index (χ4v) is 2.10. The van der Waals surface area contributed by atoms with Crippen molar-refractivity contribution in [3.05, 3.63) is 36.2 Å². The average molecular weight is 269 g/mol. The molecule has 5 nitrogen and oxygen atoms in total. The SMILES string of the molecule is Cc1nc(NC2CC2)cc(N(C)c2cccc(N)c2)n1. The predicted octanol–water partition coefficient (Wildman–Crippen LogP) is 2.71. The molecule has 0 radical (unpaired) electrons. The zero-order chi connectivity index (χ0) is 14.1. The molecule has 5 heteroatoms. The number of nitrogens with one attached hydrogen (secondary N) is 1. The van der Waals surface area contributed by atoms with Crippen molar-refractivity contribution in [2.45, 2.75) is 25.8 Å². The molecule has 0 bridgehead atoms. The van der Waals surface area contributed by atoms with Crippen LogP contribution in [0.1, 0.15) is 18.7 Å². The van der Waals surface area contributed by atoms with E-state index in [-0.39, 0.29) is 0 Å². The molecule has 20 heavy (non-hydrogen) atoms. The van der Waals surface area contributed by atoms with Crippen LogP contribution in [0, 0.1) is 6.92 Å². The molecule has 0 amide bonds. The van der Waals surface area contributed by atoms with Gasteiger partial charge in [-0.1, -0.05) is 6.07 Å². The number of aromatic nitrogens is 2. The quantitative estimate of drug-likeness (QED) is 0.835. The van der Waals surface area contributed by atoms with Gasteiger partial charge in [0.05, 0.1) is 0 Å². The molecule has 1 aliphatic carbocycles. The van der Waals surface area contributed by atoms with E-state index in [1.165, 1.54) is 12.8 Å². The van der Waals surface area contributed by atoms with E-state index in [1.807, 2.05) is 49.2 Å². The van der Waals surface area contributed by atoms with Gasteiger partial charge in [0.15, 0.2) is 0 Å². The number of hydrogen-bond acceptors (Lipinski definition) is 5. The fourth-order valence-electron chi connectivity index (χ4n) is 2.10. The fraction of sp³-hybridized carbons (Fsp3) is 0.333. The van der Waals surface area contributed by atoms with Gasteiger partial charge in [-0.3, -0.25) is 0 Å². The van der Waals surface area contributed by atoms with Crippen molar-refractivity contribution in [2.75, 3.05) is 23.0 Å². The maximum atomic E-state index is 5.84. The van der Waals surface area contributed by atoms with Crippen LogP contribution in [-0.4, -0.2) is 23.1 Å². The Morgan fingerprint density at radius 3 is 2.75 bits per heavy atom. The first-order valence-corrected chi connectivity index (χ1v) is 6.83. The number of nitrogen functional groups attached to an aromatic ring is 1.